The molecule has 8 heteroatoms. The molecule has 1 rings (SSSR count). The minimum absolute atomic E-state index is 0.0973. The first kappa shape index (κ1) is 29.7. The number of ether oxygens (including phenoxy) is 1. The predicted molar refractivity (Wildman–Crippen MR) is 136 cm³/mol. The van der Waals surface area contributed by atoms with Crippen LogP contribution in [0.4, 0.5) is 4.79 Å². The van der Waals surface area contributed by atoms with Gasteiger partial charge in [-0.05, 0) is 58.4 Å². The fraction of sp³-hybridized carbons (Fsp3) is 0.556. The molecular formula is C27H40N4O4. The minimum atomic E-state index is -0.771. The van der Waals surface area contributed by atoms with Crippen LogP contribution in [-0.4, -0.2) is 48.0 Å². The number of hydrogen-bond acceptors (Lipinski definition) is 5. The van der Waals surface area contributed by atoms with Crippen LogP contribution in [0, 0.1) is 24.2 Å². The average Bonchev–Trinajstić information content (AvgIpc) is 2.76. The Morgan fingerprint density at radius 2 is 1.77 bits per heavy atom. The molecule has 0 aliphatic carbocycles. The Balaban J connectivity index is 2.70. The van der Waals surface area contributed by atoms with Gasteiger partial charge in [0.1, 0.15) is 23.3 Å². The highest BCUT2D eigenvalue weighted by molar-refractivity contribution is 5.97. The largest absolute Gasteiger partial charge is 0.444 e. The van der Waals surface area contributed by atoms with Crippen LogP contribution in [0.25, 0.3) is 0 Å². The highest BCUT2D eigenvalue weighted by Crippen LogP contribution is 2.11. The third-order valence-corrected chi connectivity index (χ3v) is 5.03. The summed E-state index contributed by atoms with van der Waals surface area (Å²) >= 11 is 0. The molecule has 1 aromatic carbocycles. The molecule has 0 radical (unpaired) electrons. The number of likely N-dealkylation sites (N-methyl/N-ethyl adjacent to an activating group) is 1. The van der Waals surface area contributed by atoms with Crippen molar-refractivity contribution in [2.24, 2.45) is 5.92 Å². The lowest BCUT2D eigenvalue weighted by molar-refractivity contribution is -0.126. The van der Waals surface area contributed by atoms with E-state index < -0.39 is 17.7 Å². The quantitative estimate of drug-likeness (QED) is 0.277. The van der Waals surface area contributed by atoms with Gasteiger partial charge < -0.3 is 20.3 Å². The topological polar surface area (TPSA) is 112 Å². The van der Waals surface area contributed by atoms with Crippen LogP contribution in [0.3, 0.4) is 0 Å². The van der Waals surface area contributed by atoms with E-state index in [0.717, 1.165) is 11.1 Å². The van der Waals surface area contributed by atoms with Gasteiger partial charge in [0.15, 0.2) is 0 Å². The van der Waals surface area contributed by atoms with Crippen LogP contribution in [-0.2, 0) is 20.9 Å². The number of aryl methyl sites for hydroxylation is 1. The molecule has 0 aromatic heterocycles. The van der Waals surface area contributed by atoms with Crippen LogP contribution in [0.15, 0.2) is 35.9 Å². The first-order valence-corrected chi connectivity index (χ1v) is 12.0. The lowest BCUT2D eigenvalue weighted by atomic mass is 10.1. The van der Waals surface area contributed by atoms with Crippen LogP contribution >= 0.6 is 0 Å². The second kappa shape index (κ2) is 14.1. The first-order valence-electron chi connectivity index (χ1n) is 12.0. The monoisotopic (exact) mass is 484 g/mol. The van der Waals surface area contributed by atoms with Crippen molar-refractivity contribution < 1.29 is 19.1 Å². The number of nitrogens with one attached hydrogen (secondary N) is 2. The highest BCUT2D eigenvalue weighted by Gasteiger charge is 2.24. The van der Waals surface area contributed by atoms with Gasteiger partial charge in [-0.2, -0.15) is 5.26 Å². The summed E-state index contributed by atoms with van der Waals surface area (Å²) in [6, 6.07) is 9.04. The molecular weight excluding hydrogens is 444 g/mol. The molecule has 0 bridgehead atoms. The van der Waals surface area contributed by atoms with E-state index in [4.69, 9.17) is 4.74 Å². The van der Waals surface area contributed by atoms with Gasteiger partial charge in [0.05, 0.1) is 0 Å². The Labute approximate surface area is 209 Å². The number of allylic oxidation sites excluding steroid dienone is 1. The lowest BCUT2D eigenvalue weighted by Crippen LogP contribution is -2.48. The number of benzene rings is 1. The van der Waals surface area contributed by atoms with Crippen molar-refractivity contribution in [1.29, 1.82) is 5.26 Å². The fourth-order valence-corrected chi connectivity index (χ4v) is 3.23. The summed E-state index contributed by atoms with van der Waals surface area (Å²) in [6.45, 7) is 11.9. The third-order valence-electron chi connectivity index (χ3n) is 5.03. The number of carbonyl (C=O) groups excluding carboxylic acids is 3. The molecule has 2 N–H and O–H groups in total. The van der Waals surface area contributed by atoms with Crippen molar-refractivity contribution in [3.8, 4) is 6.07 Å². The van der Waals surface area contributed by atoms with Crippen LogP contribution in [0.5, 0.6) is 0 Å². The van der Waals surface area contributed by atoms with E-state index >= 15 is 0 Å². The summed E-state index contributed by atoms with van der Waals surface area (Å²) in [4.78, 5) is 39.1. The second-order valence-electron chi connectivity index (χ2n) is 10.1. The van der Waals surface area contributed by atoms with E-state index in [1.54, 1.807) is 33.9 Å². The molecule has 0 spiro atoms. The minimum Gasteiger partial charge on any atom is -0.444 e. The number of nitriles is 1. The number of unbranched alkanes of at least 4 members (excludes halogenated alkanes) is 1. The molecule has 0 heterocycles. The van der Waals surface area contributed by atoms with Gasteiger partial charge in [0.2, 0.25) is 5.91 Å². The van der Waals surface area contributed by atoms with Crippen molar-refractivity contribution in [3.05, 3.63) is 47.0 Å². The zero-order valence-corrected chi connectivity index (χ0v) is 22.1. The van der Waals surface area contributed by atoms with E-state index in [0.29, 0.717) is 32.4 Å². The van der Waals surface area contributed by atoms with Gasteiger partial charge in [-0.25, -0.2) is 4.79 Å². The average molecular weight is 485 g/mol. The molecule has 1 atom stereocenters. The summed E-state index contributed by atoms with van der Waals surface area (Å²) in [7, 11) is 1.65. The molecule has 35 heavy (non-hydrogen) atoms. The summed E-state index contributed by atoms with van der Waals surface area (Å²) in [5.41, 5.74) is 1.54. The summed E-state index contributed by atoms with van der Waals surface area (Å²) in [5, 5.41) is 14.8. The van der Waals surface area contributed by atoms with Crippen molar-refractivity contribution in [3.63, 3.8) is 0 Å². The predicted octanol–water partition coefficient (Wildman–Crippen LogP) is 4.24. The van der Waals surface area contributed by atoms with Gasteiger partial charge in [-0.15, -0.1) is 0 Å². The van der Waals surface area contributed by atoms with Crippen molar-refractivity contribution in [2.75, 3.05) is 13.6 Å². The molecule has 1 aromatic rings. The van der Waals surface area contributed by atoms with Gasteiger partial charge in [0, 0.05) is 20.1 Å². The lowest BCUT2D eigenvalue weighted by Gasteiger charge is -2.24. The number of hydrogen-bond donors (Lipinski definition) is 2. The normalized spacial score (nSPS) is 12.5. The van der Waals surface area contributed by atoms with Crippen LogP contribution in [0.2, 0.25) is 0 Å². The van der Waals surface area contributed by atoms with Crippen LogP contribution in [0.1, 0.15) is 65.0 Å². The SMILES string of the molecule is Cc1ccc(CNC(=O)[C@H](CCCCN(C)C(=O)C(C#N)=CC(C)C)NC(=O)OC(C)(C)C)cc1. The number of carbonyl (C=O) groups is 3. The maximum atomic E-state index is 12.9. The molecule has 3 amide bonds. The molecule has 0 saturated carbocycles. The second-order valence-corrected chi connectivity index (χ2v) is 10.1. The van der Waals surface area contributed by atoms with Gasteiger partial charge in [-0.3, -0.25) is 9.59 Å². The molecule has 192 valence electrons. The van der Waals surface area contributed by atoms with E-state index in [1.807, 2.05) is 51.1 Å². The number of alkyl carbamates (subject to hydrolysis) is 1. The Bertz CT molecular complexity index is 924. The number of amides is 3. The Morgan fingerprint density at radius 3 is 2.31 bits per heavy atom. The van der Waals surface area contributed by atoms with Crippen molar-refractivity contribution in [2.45, 2.75) is 79.0 Å². The first-order chi connectivity index (χ1) is 16.3. The van der Waals surface area contributed by atoms with Crippen molar-refractivity contribution >= 4 is 17.9 Å². The molecule has 0 aliphatic heterocycles. The summed E-state index contributed by atoms with van der Waals surface area (Å²) in [6.07, 6.45) is 2.58. The zero-order valence-electron chi connectivity index (χ0n) is 22.1. The van der Waals surface area contributed by atoms with E-state index in [9.17, 15) is 19.6 Å². The van der Waals surface area contributed by atoms with E-state index in [1.165, 1.54) is 4.90 Å². The smallest absolute Gasteiger partial charge is 0.408 e. The Morgan fingerprint density at radius 1 is 1.14 bits per heavy atom. The van der Waals surface area contributed by atoms with Gasteiger partial charge >= 0.3 is 6.09 Å². The molecule has 0 saturated heterocycles. The van der Waals surface area contributed by atoms with E-state index in [2.05, 4.69) is 10.6 Å². The Hall–Kier alpha value is -3.34. The molecule has 0 fully saturated rings. The fourth-order valence-electron chi connectivity index (χ4n) is 3.23. The standard InChI is InChI=1S/C27H40N4O4/c1-19(2)16-22(17-28)25(33)31(7)15-9-8-10-23(30-26(34)35-27(4,5)6)24(32)29-18-21-13-11-20(3)12-14-21/h11-14,16,19,23H,8-10,15,18H2,1-7H3,(H,29,32)(H,30,34)/t23-/m0/s1. The summed E-state index contributed by atoms with van der Waals surface area (Å²) in [5.74, 6) is -0.520. The molecule has 8 nitrogen and oxygen atoms in total. The van der Waals surface area contributed by atoms with Gasteiger partial charge in [0.25, 0.3) is 5.91 Å². The number of rotatable bonds is 11. The maximum absolute atomic E-state index is 12.9. The Kier molecular flexibility index (Phi) is 12.0. The number of nitrogens with zero attached hydrogens (tertiary/aromatic N) is 2. The molecule has 0 unspecified atom stereocenters. The highest BCUT2D eigenvalue weighted by atomic mass is 16.6. The maximum Gasteiger partial charge on any atom is 0.408 e. The zero-order chi connectivity index (χ0) is 26.6. The third kappa shape index (κ3) is 12.1. The van der Waals surface area contributed by atoms with Crippen molar-refractivity contribution in [1.82, 2.24) is 15.5 Å². The van der Waals surface area contributed by atoms with Crippen LogP contribution < -0.4 is 10.6 Å². The summed E-state index contributed by atoms with van der Waals surface area (Å²) < 4.78 is 5.32. The van der Waals surface area contributed by atoms with Gasteiger partial charge in [-0.1, -0.05) is 49.8 Å². The van der Waals surface area contributed by atoms with E-state index in [-0.39, 0.29) is 23.3 Å². The molecule has 0 aliphatic rings.